The Kier molecular flexibility index (Phi) is 9.33. The number of amides is 2. The lowest BCUT2D eigenvalue weighted by Gasteiger charge is -2.47. The van der Waals surface area contributed by atoms with Gasteiger partial charge in [-0.15, -0.1) is 0 Å². The topological polar surface area (TPSA) is 126 Å². The number of carbonyl (C=O) groups excluding carboxylic acids is 3. The summed E-state index contributed by atoms with van der Waals surface area (Å²) in [6.07, 6.45) is -2.34. The van der Waals surface area contributed by atoms with Crippen LogP contribution in [0.25, 0.3) is 0 Å². The van der Waals surface area contributed by atoms with E-state index in [4.69, 9.17) is 14.2 Å². The molecule has 0 radical (unpaired) electrons. The van der Waals surface area contributed by atoms with Crippen LogP contribution in [0.3, 0.4) is 0 Å². The molecule has 0 aliphatic rings. The number of ether oxygens (including phenoxy) is 3. The van der Waals surface area contributed by atoms with Gasteiger partial charge in [0.25, 0.3) is 0 Å². The molecule has 0 aromatic heterocycles. The SMILES string of the molecule is COC[C@@H](OC)[C@@](C)(O)[C@](C)(O)[C@@H](CN(C(C)=O)N(C)C(C)=O)OC(C)=O. The summed E-state index contributed by atoms with van der Waals surface area (Å²) in [7, 11) is 4.10. The van der Waals surface area contributed by atoms with E-state index in [1.807, 2.05) is 0 Å². The van der Waals surface area contributed by atoms with Crippen LogP contribution in [0.4, 0.5) is 0 Å². The maximum atomic E-state index is 12.0. The number of methoxy groups -OCH3 is 2. The molecule has 0 aliphatic heterocycles. The fourth-order valence-electron chi connectivity index (χ4n) is 2.58. The molecule has 0 rings (SSSR count). The van der Waals surface area contributed by atoms with Crippen molar-refractivity contribution in [2.24, 2.45) is 0 Å². The van der Waals surface area contributed by atoms with E-state index in [1.54, 1.807) is 0 Å². The molecule has 0 saturated carbocycles. The van der Waals surface area contributed by atoms with E-state index in [2.05, 4.69) is 0 Å². The van der Waals surface area contributed by atoms with E-state index in [-0.39, 0.29) is 13.2 Å². The van der Waals surface area contributed by atoms with E-state index in [1.165, 1.54) is 49.0 Å². The highest BCUT2D eigenvalue weighted by Crippen LogP contribution is 2.33. The highest BCUT2D eigenvalue weighted by atomic mass is 16.6. The minimum absolute atomic E-state index is 0.0454. The van der Waals surface area contributed by atoms with Crippen LogP contribution in [-0.2, 0) is 28.6 Å². The van der Waals surface area contributed by atoms with Gasteiger partial charge < -0.3 is 24.4 Å². The van der Waals surface area contributed by atoms with Crippen LogP contribution in [0.2, 0.25) is 0 Å². The van der Waals surface area contributed by atoms with Crippen molar-refractivity contribution in [2.75, 3.05) is 34.4 Å². The van der Waals surface area contributed by atoms with Crippen molar-refractivity contribution >= 4 is 17.8 Å². The Morgan fingerprint density at radius 2 is 1.44 bits per heavy atom. The van der Waals surface area contributed by atoms with Crippen molar-refractivity contribution in [3.63, 3.8) is 0 Å². The van der Waals surface area contributed by atoms with Crippen LogP contribution in [0.5, 0.6) is 0 Å². The van der Waals surface area contributed by atoms with E-state index in [9.17, 15) is 24.6 Å². The van der Waals surface area contributed by atoms with Crippen LogP contribution in [0.15, 0.2) is 0 Å². The fraction of sp³-hybridized carbons (Fsp3) is 0.824. The second kappa shape index (κ2) is 9.98. The summed E-state index contributed by atoms with van der Waals surface area (Å²) in [5, 5.41) is 24.2. The molecular formula is C17H32N2O8. The summed E-state index contributed by atoms with van der Waals surface area (Å²) in [5.41, 5.74) is -4.00. The molecule has 2 N–H and O–H groups in total. The number of esters is 1. The summed E-state index contributed by atoms with van der Waals surface area (Å²) < 4.78 is 15.4. The lowest BCUT2D eigenvalue weighted by molar-refractivity contribution is -0.246. The molecule has 10 nitrogen and oxygen atoms in total. The van der Waals surface area contributed by atoms with Gasteiger partial charge in [-0.2, -0.15) is 0 Å². The molecule has 27 heavy (non-hydrogen) atoms. The lowest BCUT2D eigenvalue weighted by atomic mass is 9.77. The number of nitrogens with zero attached hydrogens (tertiary/aromatic N) is 2. The highest BCUT2D eigenvalue weighted by molar-refractivity contribution is 5.79. The minimum Gasteiger partial charge on any atom is -0.457 e. The predicted molar refractivity (Wildman–Crippen MR) is 95.3 cm³/mol. The first-order chi connectivity index (χ1) is 12.2. The third-order valence-electron chi connectivity index (χ3n) is 4.71. The first kappa shape index (κ1) is 25.2. The standard InChI is InChI=1S/C17H32N2O8/c1-11(20)18(6)19(12(2)21)9-14(27-13(3)22)16(4,23)17(5,24)15(26-8)10-25-7/h14-15,23-24H,9-10H2,1-8H3/t14-,15-,16-,17-/m1/s1. The van der Waals surface area contributed by atoms with Crippen molar-refractivity contribution in [1.82, 2.24) is 10.0 Å². The van der Waals surface area contributed by atoms with Gasteiger partial charge in [0.05, 0.1) is 13.2 Å². The van der Waals surface area contributed by atoms with Gasteiger partial charge in [0, 0.05) is 42.0 Å². The van der Waals surface area contributed by atoms with Crippen molar-refractivity contribution in [2.45, 2.75) is 58.0 Å². The average Bonchev–Trinajstić information content (AvgIpc) is 2.54. The summed E-state index contributed by atoms with van der Waals surface area (Å²) in [5.74, 6) is -1.68. The third-order valence-corrected chi connectivity index (χ3v) is 4.71. The number of hydrogen-bond acceptors (Lipinski definition) is 8. The molecule has 2 amide bonds. The molecule has 0 aromatic carbocycles. The monoisotopic (exact) mass is 392 g/mol. The molecular weight excluding hydrogens is 360 g/mol. The Hall–Kier alpha value is -1.75. The zero-order valence-electron chi connectivity index (χ0n) is 17.3. The molecule has 0 unspecified atom stereocenters. The molecule has 10 heteroatoms. The van der Waals surface area contributed by atoms with Crippen LogP contribution < -0.4 is 0 Å². The normalized spacial score (nSPS) is 17.9. The van der Waals surface area contributed by atoms with E-state index >= 15 is 0 Å². The Bertz CT molecular complexity index is 535. The Morgan fingerprint density at radius 3 is 1.78 bits per heavy atom. The van der Waals surface area contributed by atoms with Crippen molar-refractivity contribution in [3.8, 4) is 0 Å². The predicted octanol–water partition coefficient (Wildman–Crippen LogP) is -0.677. The van der Waals surface area contributed by atoms with Gasteiger partial charge in [0.15, 0.2) is 6.10 Å². The van der Waals surface area contributed by atoms with Gasteiger partial charge >= 0.3 is 5.97 Å². The quantitative estimate of drug-likeness (QED) is 0.391. The molecule has 0 aliphatic carbocycles. The number of rotatable bonds is 9. The Balaban J connectivity index is 5.98. The van der Waals surface area contributed by atoms with Crippen molar-refractivity contribution < 1.29 is 38.8 Å². The second-order valence-corrected chi connectivity index (χ2v) is 6.72. The van der Waals surface area contributed by atoms with E-state index in [0.29, 0.717) is 0 Å². The molecule has 0 heterocycles. The molecule has 0 aromatic rings. The maximum absolute atomic E-state index is 12.0. The minimum atomic E-state index is -2.07. The van der Waals surface area contributed by atoms with Gasteiger partial charge in [0.2, 0.25) is 11.8 Å². The van der Waals surface area contributed by atoms with Gasteiger partial charge in [-0.3, -0.25) is 19.4 Å². The first-order valence-electron chi connectivity index (χ1n) is 8.39. The average molecular weight is 392 g/mol. The second-order valence-electron chi connectivity index (χ2n) is 6.72. The van der Waals surface area contributed by atoms with Crippen LogP contribution in [0, 0.1) is 0 Å². The lowest BCUT2D eigenvalue weighted by Crippen LogP contribution is -2.68. The van der Waals surface area contributed by atoms with E-state index in [0.717, 1.165) is 16.9 Å². The summed E-state index contributed by atoms with van der Waals surface area (Å²) in [4.78, 5) is 35.2. The number of carbonyl (C=O) groups is 3. The number of aliphatic hydroxyl groups is 2. The van der Waals surface area contributed by atoms with Crippen molar-refractivity contribution in [1.29, 1.82) is 0 Å². The van der Waals surface area contributed by atoms with Crippen LogP contribution in [0.1, 0.15) is 34.6 Å². The Labute approximate surface area is 159 Å². The zero-order chi connectivity index (χ0) is 21.6. The van der Waals surface area contributed by atoms with Crippen LogP contribution >= 0.6 is 0 Å². The van der Waals surface area contributed by atoms with Gasteiger partial charge in [-0.25, -0.2) is 5.01 Å². The smallest absolute Gasteiger partial charge is 0.303 e. The van der Waals surface area contributed by atoms with Crippen LogP contribution in [-0.4, -0.2) is 95.8 Å². The molecule has 0 spiro atoms. The maximum Gasteiger partial charge on any atom is 0.303 e. The highest BCUT2D eigenvalue weighted by Gasteiger charge is 2.55. The molecule has 0 fully saturated rings. The number of hydrogen-bond donors (Lipinski definition) is 2. The largest absolute Gasteiger partial charge is 0.457 e. The summed E-state index contributed by atoms with van der Waals surface area (Å²) >= 11 is 0. The van der Waals surface area contributed by atoms with Gasteiger partial charge in [-0.1, -0.05) is 0 Å². The van der Waals surface area contributed by atoms with Gasteiger partial charge in [0.1, 0.15) is 17.3 Å². The summed E-state index contributed by atoms with van der Waals surface area (Å²) in [6, 6.07) is 0. The molecule has 4 atom stereocenters. The third kappa shape index (κ3) is 6.13. The first-order valence-corrected chi connectivity index (χ1v) is 8.39. The Morgan fingerprint density at radius 1 is 0.963 bits per heavy atom. The van der Waals surface area contributed by atoms with E-state index < -0.39 is 41.2 Å². The summed E-state index contributed by atoms with van der Waals surface area (Å²) in [6.45, 7) is 5.77. The van der Waals surface area contributed by atoms with Gasteiger partial charge in [-0.05, 0) is 13.8 Å². The van der Waals surface area contributed by atoms with Crippen molar-refractivity contribution in [3.05, 3.63) is 0 Å². The molecule has 158 valence electrons. The zero-order valence-corrected chi connectivity index (χ0v) is 17.3. The molecule has 0 bridgehead atoms. The fourth-order valence-corrected chi connectivity index (χ4v) is 2.58. The number of hydrazine groups is 1. The molecule has 0 saturated heterocycles.